The van der Waals surface area contributed by atoms with E-state index in [0.717, 1.165) is 18.2 Å². The van der Waals surface area contributed by atoms with Gasteiger partial charge in [-0.15, -0.1) is 11.6 Å². The Morgan fingerprint density at radius 2 is 2.08 bits per heavy atom. The molecule has 1 nitrogen and oxygen atoms in total. The smallest absolute Gasteiger partial charge is 0.129 e. The van der Waals surface area contributed by atoms with Crippen LogP contribution in [0.2, 0.25) is 0 Å². The zero-order valence-corrected chi connectivity index (χ0v) is 7.56. The predicted molar refractivity (Wildman–Crippen MR) is 46.7 cm³/mol. The number of rotatable bonds is 3. The Kier molecular flexibility index (Phi) is 3.63. The summed E-state index contributed by atoms with van der Waals surface area (Å²) < 4.78 is 25.6. The second-order valence-electron chi connectivity index (χ2n) is 2.66. The molecule has 0 spiro atoms. The number of aliphatic hydroxyl groups is 1. The number of hydrogen-bond acceptors (Lipinski definition) is 1. The van der Waals surface area contributed by atoms with Crippen LogP contribution in [0.3, 0.4) is 0 Å². The third-order valence-electron chi connectivity index (χ3n) is 1.70. The van der Waals surface area contributed by atoms with Crippen LogP contribution in [0.25, 0.3) is 0 Å². The van der Waals surface area contributed by atoms with Crippen molar-refractivity contribution in [3.05, 3.63) is 35.4 Å². The summed E-state index contributed by atoms with van der Waals surface area (Å²) in [6.07, 6.45) is -0.824. The van der Waals surface area contributed by atoms with E-state index in [1.807, 2.05) is 0 Å². The van der Waals surface area contributed by atoms with Crippen molar-refractivity contribution in [3.63, 3.8) is 0 Å². The van der Waals surface area contributed by atoms with E-state index in [1.165, 1.54) is 0 Å². The van der Waals surface area contributed by atoms with Crippen molar-refractivity contribution < 1.29 is 13.9 Å². The lowest BCUT2D eigenvalue weighted by Gasteiger charge is -2.09. The maximum Gasteiger partial charge on any atom is 0.129 e. The molecule has 1 N–H and O–H groups in total. The Balaban J connectivity index is 2.91. The fourth-order valence-corrected chi connectivity index (χ4v) is 1.24. The fourth-order valence-electron chi connectivity index (χ4n) is 1.03. The molecule has 0 amide bonds. The van der Waals surface area contributed by atoms with Crippen molar-refractivity contribution >= 4 is 11.6 Å². The van der Waals surface area contributed by atoms with Crippen LogP contribution in [-0.2, 0) is 0 Å². The fraction of sp³-hybridized carbons (Fsp3) is 0.333. The molecule has 0 radical (unpaired) electrons. The van der Waals surface area contributed by atoms with Gasteiger partial charge in [0.05, 0.1) is 6.10 Å². The molecule has 0 aliphatic carbocycles. The zero-order chi connectivity index (χ0) is 9.84. The number of aliphatic hydroxyl groups excluding tert-OH is 1. The van der Waals surface area contributed by atoms with E-state index in [0.29, 0.717) is 0 Å². The first-order chi connectivity index (χ1) is 6.15. The Hall–Kier alpha value is -0.670. The van der Waals surface area contributed by atoms with Crippen molar-refractivity contribution in [2.24, 2.45) is 0 Å². The van der Waals surface area contributed by atoms with E-state index in [2.05, 4.69) is 0 Å². The molecule has 72 valence electrons. The van der Waals surface area contributed by atoms with Gasteiger partial charge in [0.1, 0.15) is 11.6 Å². The normalized spacial score (nSPS) is 12.9. The molecule has 0 saturated heterocycles. The second-order valence-corrected chi connectivity index (χ2v) is 3.04. The van der Waals surface area contributed by atoms with Crippen LogP contribution in [-0.4, -0.2) is 11.0 Å². The van der Waals surface area contributed by atoms with Gasteiger partial charge < -0.3 is 5.11 Å². The molecule has 4 heteroatoms. The van der Waals surface area contributed by atoms with Crippen LogP contribution < -0.4 is 0 Å². The molecular formula is C9H9ClF2O. The van der Waals surface area contributed by atoms with Crippen LogP contribution in [0.4, 0.5) is 8.78 Å². The number of hydrogen-bond donors (Lipinski definition) is 1. The van der Waals surface area contributed by atoms with Crippen LogP contribution in [0.15, 0.2) is 18.2 Å². The summed E-state index contributed by atoms with van der Waals surface area (Å²) in [7, 11) is 0. The minimum Gasteiger partial charge on any atom is -0.388 e. The van der Waals surface area contributed by atoms with Crippen molar-refractivity contribution in [3.8, 4) is 0 Å². The van der Waals surface area contributed by atoms with Gasteiger partial charge in [0.25, 0.3) is 0 Å². The van der Waals surface area contributed by atoms with Gasteiger partial charge >= 0.3 is 0 Å². The first-order valence-electron chi connectivity index (χ1n) is 3.84. The summed E-state index contributed by atoms with van der Waals surface area (Å²) in [6.45, 7) is 0. The lowest BCUT2D eigenvalue weighted by molar-refractivity contribution is 0.169. The summed E-state index contributed by atoms with van der Waals surface area (Å²) in [5.41, 5.74) is -0.0411. The average Bonchev–Trinajstić information content (AvgIpc) is 2.09. The molecule has 0 saturated carbocycles. The summed E-state index contributed by atoms with van der Waals surface area (Å²) in [5.74, 6) is -0.971. The highest BCUT2D eigenvalue weighted by Crippen LogP contribution is 2.21. The highest BCUT2D eigenvalue weighted by atomic mass is 35.5. The number of alkyl halides is 1. The lowest BCUT2D eigenvalue weighted by Crippen LogP contribution is -2.01. The van der Waals surface area contributed by atoms with Crippen LogP contribution in [0.5, 0.6) is 0 Å². The van der Waals surface area contributed by atoms with Gasteiger partial charge in [-0.1, -0.05) is 0 Å². The number of benzene rings is 1. The van der Waals surface area contributed by atoms with Crippen molar-refractivity contribution in [1.29, 1.82) is 0 Å². The molecule has 1 unspecified atom stereocenters. The molecule has 1 rings (SSSR count). The highest BCUT2D eigenvalue weighted by molar-refractivity contribution is 6.17. The monoisotopic (exact) mass is 206 g/mol. The van der Waals surface area contributed by atoms with Gasteiger partial charge in [0.2, 0.25) is 0 Å². The number of halogens is 3. The molecule has 0 aliphatic rings. The highest BCUT2D eigenvalue weighted by Gasteiger charge is 2.12. The molecular weight excluding hydrogens is 198 g/mol. The van der Waals surface area contributed by atoms with E-state index in [-0.39, 0.29) is 17.9 Å². The molecule has 1 aromatic rings. The molecule has 13 heavy (non-hydrogen) atoms. The Labute approximate surface area is 80.0 Å². The van der Waals surface area contributed by atoms with E-state index in [4.69, 9.17) is 11.6 Å². The van der Waals surface area contributed by atoms with E-state index < -0.39 is 17.7 Å². The predicted octanol–water partition coefficient (Wildman–Crippen LogP) is 2.63. The van der Waals surface area contributed by atoms with Crippen LogP contribution in [0.1, 0.15) is 18.1 Å². The largest absolute Gasteiger partial charge is 0.388 e. The molecule has 0 heterocycles. The van der Waals surface area contributed by atoms with Gasteiger partial charge in [-0.25, -0.2) is 8.78 Å². The van der Waals surface area contributed by atoms with Crippen molar-refractivity contribution in [1.82, 2.24) is 0 Å². The van der Waals surface area contributed by atoms with Gasteiger partial charge in [0, 0.05) is 11.4 Å². The second kappa shape index (κ2) is 4.53. The molecule has 0 aliphatic heterocycles. The Bertz CT molecular complexity index is 291. The van der Waals surface area contributed by atoms with Crippen LogP contribution in [0, 0.1) is 11.6 Å². The molecule has 0 bridgehead atoms. The maximum atomic E-state index is 13.0. The van der Waals surface area contributed by atoms with Gasteiger partial charge in [0.15, 0.2) is 0 Å². The minimum atomic E-state index is -1.03. The van der Waals surface area contributed by atoms with Crippen molar-refractivity contribution in [2.75, 3.05) is 5.88 Å². The minimum absolute atomic E-state index is 0.0411. The van der Waals surface area contributed by atoms with E-state index in [1.54, 1.807) is 0 Å². The van der Waals surface area contributed by atoms with Gasteiger partial charge in [-0.2, -0.15) is 0 Å². The first kappa shape index (κ1) is 10.4. The maximum absolute atomic E-state index is 13.0. The SMILES string of the molecule is OC(CCCl)c1cc(F)ccc1F. The Morgan fingerprint density at radius 3 is 2.69 bits per heavy atom. The van der Waals surface area contributed by atoms with Gasteiger partial charge in [-0.3, -0.25) is 0 Å². The Morgan fingerprint density at radius 1 is 1.38 bits per heavy atom. The third kappa shape index (κ3) is 2.64. The summed E-state index contributed by atoms with van der Waals surface area (Å²) in [5, 5.41) is 9.33. The standard InChI is InChI=1S/C9H9ClF2O/c10-4-3-9(13)7-5-6(11)1-2-8(7)12/h1-2,5,9,13H,3-4H2. The van der Waals surface area contributed by atoms with Gasteiger partial charge in [-0.05, 0) is 24.6 Å². The molecule has 1 aromatic carbocycles. The van der Waals surface area contributed by atoms with E-state index >= 15 is 0 Å². The first-order valence-corrected chi connectivity index (χ1v) is 4.37. The topological polar surface area (TPSA) is 20.2 Å². The average molecular weight is 207 g/mol. The third-order valence-corrected chi connectivity index (χ3v) is 1.92. The summed E-state index contributed by atoms with van der Waals surface area (Å²) in [6, 6.07) is 2.97. The quantitative estimate of drug-likeness (QED) is 0.754. The molecule has 0 aromatic heterocycles. The van der Waals surface area contributed by atoms with E-state index in [9.17, 15) is 13.9 Å². The summed E-state index contributed by atoms with van der Waals surface area (Å²) in [4.78, 5) is 0. The molecule has 1 atom stereocenters. The van der Waals surface area contributed by atoms with Crippen molar-refractivity contribution in [2.45, 2.75) is 12.5 Å². The summed E-state index contributed by atoms with van der Waals surface area (Å²) >= 11 is 5.36. The molecule has 0 fully saturated rings. The lowest BCUT2D eigenvalue weighted by atomic mass is 10.1. The zero-order valence-electron chi connectivity index (χ0n) is 6.80. The van der Waals surface area contributed by atoms with Crippen LogP contribution >= 0.6 is 11.6 Å².